The van der Waals surface area contributed by atoms with Crippen LogP contribution in [0.3, 0.4) is 0 Å². The van der Waals surface area contributed by atoms with Crippen LogP contribution in [0, 0.1) is 22.7 Å². The molecule has 1 unspecified atom stereocenters. The minimum Gasteiger partial charge on any atom is -0.508 e. The van der Waals surface area contributed by atoms with E-state index in [1.54, 1.807) is 23.8 Å². The van der Waals surface area contributed by atoms with E-state index in [-0.39, 0.29) is 16.6 Å². The number of carboxylic acids is 1. The molecule has 1 saturated carbocycles. The Bertz CT molecular complexity index is 719. The van der Waals surface area contributed by atoms with E-state index in [1.807, 2.05) is 0 Å². The fourth-order valence-corrected chi connectivity index (χ4v) is 5.33. The zero-order valence-electron chi connectivity index (χ0n) is 17.2. The summed E-state index contributed by atoms with van der Waals surface area (Å²) in [6.45, 7) is 10.6. The molecular formula is C23H34O4. The van der Waals surface area contributed by atoms with Crippen molar-refractivity contribution >= 4 is 5.97 Å². The van der Waals surface area contributed by atoms with Gasteiger partial charge in [0.25, 0.3) is 5.97 Å². The summed E-state index contributed by atoms with van der Waals surface area (Å²) in [7, 11) is 0. The Morgan fingerprint density at radius 3 is 2.48 bits per heavy atom. The summed E-state index contributed by atoms with van der Waals surface area (Å²) < 4.78 is 0. The second kappa shape index (κ2) is 7.95. The van der Waals surface area contributed by atoms with Crippen molar-refractivity contribution in [2.75, 3.05) is 0 Å². The minimum absolute atomic E-state index is 0.147. The van der Waals surface area contributed by atoms with Crippen LogP contribution in [0.4, 0.5) is 0 Å². The van der Waals surface area contributed by atoms with Crippen molar-refractivity contribution in [2.24, 2.45) is 22.7 Å². The molecule has 4 heteroatoms. The lowest BCUT2D eigenvalue weighted by molar-refractivity contribution is -0.134. The van der Waals surface area contributed by atoms with Gasteiger partial charge in [-0.3, -0.25) is 4.79 Å². The number of benzene rings is 1. The monoisotopic (exact) mass is 374 g/mol. The van der Waals surface area contributed by atoms with E-state index in [9.17, 15) is 10.2 Å². The van der Waals surface area contributed by atoms with Crippen molar-refractivity contribution < 1.29 is 20.1 Å². The number of hydrogen-bond donors (Lipinski definition) is 3. The van der Waals surface area contributed by atoms with Crippen molar-refractivity contribution in [3.8, 4) is 11.5 Å². The summed E-state index contributed by atoms with van der Waals surface area (Å²) >= 11 is 0. The number of hydrogen-bond acceptors (Lipinski definition) is 3. The number of allylic oxidation sites excluding steroid dienone is 2. The summed E-state index contributed by atoms with van der Waals surface area (Å²) in [6.07, 6.45) is 8.16. The highest BCUT2D eigenvalue weighted by molar-refractivity contribution is 5.62. The second-order valence-electron chi connectivity index (χ2n) is 8.89. The zero-order chi connectivity index (χ0) is 20.4. The Balaban J connectivity index is 0.000000596. The first-order valence-corrected chi connectivity index (χ1v) is 9.88. The minimum atomic E-state index is -0.833. The molecule has 1 aromatic rings. The van der Waals surface area contributed by atoms with Crippen molar-refractivity contribution in [1.82, 2.24) is 0 Å². The standard InChI is InChI=1S/C21H30O2.C2H4O2/c1-14-6-5-7-19-20(14,3)11-10-15(2)21(19,4)13-16-12-17(22)8-9-18(16)23;1-2(3)4/h6,8-9,12,15,19,22-23H,5,7,10-11,13H2,1-4H3;1H3,(H,3,4)/t15-,19?,20+,21+;/m0./s1. The van der Waals surface area contributed by atoms with Crippen LogP contribution in [-0.2, 0) is 11.2 Å². The predicted octanol–water partition coefficient (Wildman–Crippen LogP) is 5.53. The van der Waals surface area contributed by atoms with Gasteiger partial charge in [0, 0.05) is 6.92 Å². The number of phenols is 2. The molecule has 0 heterocycles. The number of carbonyl (C=O) groups is 1. The maximum atomic E-state index is 10.3. The van der Waals surface area contributed by atoms with Crippen molar-refractivity contribution in [1.29, 1.82) is 0 Å². The topological polar surface area (TPSA) is 77.8 Å². The van der Waals surface area contributed by atoms with E-state index in [4.69, 9.17) is 9.90 Å². The smallest absolute Gasteiger partial charge is 0.300 e. The van der Waals surface area contributed by atoms with Crippen LogP contribution in [0.25, 0.3) is 0 Å². The van der Waals surface area contributed by atoms with Crippen molar-refractivity contribution in [3.63, 3.8) is 0 Å². The fourth-order valence-electron chi connectivity index (χ4n) is 5.33. The van der Waals surface area contributed by atoms with Gasteiger partial charge >= 0.3 is 0 Å². The van der Waals surface area contributed by atoms with Gasteiger partial charge in [-0.25, -0.2) is 0 Å². The van der Waals surface area contributed by atoms with Crippen molar-refractivity contribution in [2.45, 2.75) is 66.7 Å². The van der Waals surface area contributed by atoms with Gasteiger partial charge < -0.3 is 15.3 Å². The number of aliphatic carboxylic acids is 1. The van der Waals surface area contributed by atoms with Gasteiger partial charge in [0.1, 0.15) is 11.5 Å². The Morgan fingerprint density at radius 1 is 1.22 bits per heavy atom. The van der Waals surface area contributed by atoms with Gasteiger partial charge in [-0.05, 0) is 85.5 Å². The van der Waals surface area contributed by atoms with Gasteiger partial charge in [-0.15, -0.1) is 0 Å². The summed E-state index contributed by atoms with van der Waals surface area (Å²) in [5, 5.41) is 27.5. The Labute approximate surface area is 162 Å². The predicted molar refractivity (Wildman–Crippen MR) is 108 cm³/mol. The highest BCUT2D eigenvalue weighted by Gasteiger charge is 2.53. The third-order valence-corrected chi connectivity index (χ3v) is 7.23. The summed E-state index contributed by atoms with van der Waals surface area (Å²) in [5.41, 5.74) is 2.86. The average molecular weight is 375 g/mol. The maximum Gasteiger partial charge on any atom is 0.300 e. The number of rotatable bonds is 2. The molecule has 2 aliphatic rings. The van der Waals surface area contributed by atoms with E-state index in [0.717, 1.165) is 18.9 Å². The van der Waals surface area contributed by atoms with E-state index in [2.05, 4.69) is 33.8 Å². The van der Waals surface area contributed by atoms with Crippen LogP contribution >= 0.6 is 0 Å². The van der Waals surface area contributed by atoms with Gasteiger partial charge in [-0.1, -0.05) is 32.4 Å². The van der Waals surface area contributed by atoms with Gasteiger partial charge in [0.2, 0.25) is 0 Å². The fraction of sp³-hybridized carbons (Fsp3) is 0.609. The molecule has 2 aliphatic carbocycles. The second-order valence-corrected chi connectivity index (χ2v) is 8.89. The molecule has 0 aliphatic heterocycles. The zero-order valence-corrected chi connectivity index (χ0v) is 17.2. The van der Waals surface area contributed by atoms with E-state index in [1.165, 1.54) is 25.7 Å². The van der Waals surface area contributed by atoms with Gasteiger partial charge in [0.05, 0.1) is 0 Å². The normalized spacial score (nSPS) is 32.6. The molecule has 3 N–H and O–H groups in total. The lowest BCUT2D eigenvalue weighted by atomic mass is 9.47. The summed E-state index contributed by atoms with van der Waals surface area (Å²) in [6, 6.07) is 4.92. The van der Waals surface area contributed by atoms with E-state index >= 15 is 0 Å². The van der Waals surface area contributed by atoms with Gasteiger partial charge in [-0.2, -0.15) is 0 Å². The van der Waals surface area contributed by atoms with E-state index < -0.39 is 5.97 Å². The molecule has 0 aromatic heterocycles. The van der Waals surface area contributed by atoms with Crippen LogP contribution in [0.1, 0.15) is 65.9 Å². The Kier molecular flexibility index (Phi) is 6.28. The first kappa shape index (κ1) is 21.3. The molecule has 0 bridgehead atoms. The third kappa shape index (κ3) is 4.31. The molecule has 150 valence electrons. The molecule has 0 saturated heterocycles. The number of phenolic OH excluding ortho intramolecular Hbond substituents is 2. The van der Waals surface area contributed by atoms with Crippen LogP contribution in [-0.4, -0.2) is 21.3 Å². The molecule has 0 radical (unpaired) electrons. The van der Waals surface area contributed by atoms with Crippen molar-refractivity contribution in [3.05, 3.63) is 35.4 Å². The molecule has 4 nitrogen and oxygen atoms in total. The Hall–Kier alpha value is -1.97. The van der Waals surface area contributed by atoms with Crippen LogP contribution < -0.4 is 0 Å². The number of aromatic hydroxyl groups is 2. The lowest BCUT2D eigenvalue weighted by Crippen LogP contribution is -2.50. The quantitative estimate of drug-likeness (QED) is 0.470. The SMILES string of the molecule is CC(=O)O.CC1=CCCC2[C@](C)(Cc3cc(O)ccc3O)[C@@H](C)CC[C@]12C. The molecule has 27 heavy (non-hydrogen) atoms. The third-order valence-electron chi connectivity index (χ3n) is 7.23. The maximum absolute atomic E-state index is 10.3. The van der Waals surface area contributed by atoms with E-state index in [0.29, 0.717) is 17.6 Å². The molecule has 0 amide bonds. The highest BCUT2D eigenvalue weighted by Crippen LogP contribution is 2.61. The number of fused-ring (bicyclic) bond motifs is 1. The van der Waals surface area contributed by atoms with Crippen LogP contribution in [0.5, 0.6) is 11.5 Å². The molecule has 4 atom stereocenters. The van der Waals surface area contributed by atoms with Gasteiger partial charge in [0.15, 0.2) is 0 Å². The molecule has 3 rings (SSSR count). The van der Waals surface area contributed by atoms with Crippen LogP contribution in [0.2, 0.25) is 0 Å². The first-order valence-electron chi connectivity index (χ1n) is 9.88. The molecule has 1 fully saturated rings. The number of carboxylic acid groups (broad SMARTS) is 1. The molecule has 1 aromatic carbocycles. The summed E-state index contributed by atoms with van der Waals surface area (Å²) in [5.74, 6) is 0.970. The summed E-state index contributed by atoms with van der Waals surface area (Å²) in [4.78, 5) is 9.00. The largest absolute Gasteiger partial charge is 0.508 e. The molecular weight excluding hydrogens is 340 g/mol. The molecule has 0 spiro atoms. The Morgan fingerprint density at radius 2 is 1.85 bits per heavy atom. The lowest BCUT2D eigenvalue weighted by Gasteiger charge is -2.58. The first-order chi connectivity index (χ1) is 12.5. The van der Waals surface area contributed by atoms with Crippen LogP contribution in [0.15, 0.2) is 29.8 Å². The highest BCUT2D eigenvalue weighted by atomic mass is 16.4. The average Bonchev–Trinajstić information content (AvgIpc) is 2.57.